The lowest BCUT2D eigenvalue weighted by molar-refractivity contribution is -0.159. The highest BCUT2D eigenvalue weighted by atomic mass is 16.7. The van der Waals surface area contributed by atoms with E-state index in [9.17, 15) is 4.79 Å². The third-order valence-corrected chi connectivity index (χ3v) is 4.85. The predicted octanol–water partition coefficient (Wildman–Crippen LogP) is 1.64. The standard InChI is InChI=1S/C18H23NO6/c1-11(25-13-3-5-15-17(9-13)24-10-23-15)18(20)19-12-2-4-14-16(8-12)22-7-6-21-14/h3,5,9,11-12,14,16H,2,4,6-8,10H2,1H3,(H,19,20). The van der Waals surface area contributed by atoms with E-state index in [1.807, 2.05) is 0 Å². The third-order valence-electron chi connectivity index (χ3n) is 4.85. The van der Waals surface area contributed by atoms with Gasteiger partial charge in [-0.3, -0.25) is 4.79 Å². The van der Waals surface area contributed by atoms with Gasteiger partial charge in [-0.05, 0) is 38.3 Å². The smallest absolute Gasteiger partial charge is 0.260 e. The van der Waals surface area contributed by atoms with E-state index >= 15 is 0 Å². The van der Waals surface area contributed by atoms with Gasteiger partial charge in [-0.1, -0.05) is 0 Å². The average molecular weight is 349 g/mol. The molecule has 1 N–H and O–H groups in total. The second-order valence-corrected chi connectivity index (χ2v) is 6.61. The molecule has 136 valence electrons. The van der Waals surface area contributed by atoms with E-state index in [2.05, 4.69) is 5.32 Å². The minimum atomic E-state index is -0.596. The first kappa shape index (κ1) is 16.5. The van der Waals surface area contributed by atoms with Gasteiger partial charge >= 0.3 is 0 Å². The van der Waals surface area contributed by atoms with Crippen molar-refractivity contribution >= 4 is 5.91 Å². The molecule has 1 aromatic carbocycles. The number of nitrogens with one attached hydrogen (secondary N) is 1. The maximum absolute atomic E-state index is 12.4. The van der Waals surface area contributed by atoms with Crippen LogP contribution in [0.5, 0.6) is 17.2 Å². The fraction of sp³-hybridized carbons (Fsp3) is 0.611. The average Bonchev–Trinajstić information content (AvgIpc) is 3.09. The summed E-state index contributed by atoms with van der Waals surface area (Å²) < 4.78 is 27.8. The number of carbonyl (C=O) groups is 1. The molecule has 1 saturated carbocycles. The Labute approximate surface area is 146 Å². The molecule has 2 fully saturated rings. The van der Waals surface area contributed by atoms with Crippen LogP contribution in [0, 0.1) is 0 Å². The topological polar surface area (TPSA) is 75.3 Å². The van der Waals surface area contributed by atoms with Crippen molar-refractivity contribution in [2.45, 2.75) is 50.5 Å². The van der Waals surface area contributed by atoms with Crippen molar-refractivity contribution in [1.82, 2.24) is 5.32 Å². The minimum absolute atomic E-state index is 0.0814. The Morgan fingerprint density at radius 2 is 1.96 bits per heavy atom. The van der Waals surface area contributed by atoms with Crippen LogP contribution in [-0.4, -0.2) is 50.3 Å². The van der Waals surface area contributed by atoms with Crippen LogP contribution in [0.2, 0.25) is 0 Å². The molecule has 3 aliphatic rings. The van der Waals surface area contributed by atoms with Gasteiger partial charge in [-0.15, -0.1) is 0 Å². The zero-order valence-corrected chi connectivity index (χ0v) is 14.2. The number of ether oxygens (including phenoxy) is 5. The van der Waals surface area contributed by atoms with Crippen LogP contribution in [0.25, 0.3) is 0 Å². The van der Waals surface area contributed by atoms with Gasteiger partial charge in [0, 0.05) is 12.1 Å². The number of amides is 1. The predicted molar refractivity (Wildman–Crippen MR) is 87.9 cm³/mol. The summed E-state index contributed by atoms with van der Waals surface area (Å²) in [7, 11) is 0. The van der Waals surface area contributed by atoms with Crippen molar-refractivity contribution in [3.05, 3.63) is 18.2 Å². The molecule has 4 unspecified atom stereocenters. The Balaban J connectivity index is 1.30. The molecule has 0 bridgehead atoms. The molecule has 1 saturated heterocycles. The van der Waals surface area contributed by atoms with Crippen LogP contribution in [0.3, 0.4) is 0 Å². The van der Waals surface area contributed by atoms with E-state index in [-0.39, 0.29) is 30.9 Å². The van der Waals surface area contributed by atoms with Crippen LogP contribution in [0.15, 0.2) is 18.2 Å². The van der Waals surface area contributed by atoms with Gasteiger partial charge in [0.1, 0.15) is 5.75 Å². The van der Waals surface area contributed by atoms with Gasteiger partial charge in [0.2, 0.25) is 6.79 Å². The molecule has 7 nitrogen and oxygen atoms in total. The number of carbonyl (C=O) groups excluding carboxylic acids is 1. The second kappa shape index (κ2) is 7.09. The highest BCUT2D eigenvalue weighted by molar-refractivity contribution is 5.81. The normalized spacial score (nSPS) is 28.8. The first-order valence-electron chi connectivity index (χ1n) is 8.79. The Morgan fingerprint density at radius 3 is 2.84 bits per heavy atom. The van der Waals surface area contributed by atoms with Gasteiger partial charge in [-0.2, -0.15) is 0 Å². The van der Waals surface area contributed by atoms with Crippen LogP contribution < -0.4 is 19.5 Å². The lowest BCUT2D eigenvalue weighted by Crippen LogP contribution is -2.51. The maximum Gasteiger partial charge on any atom is 0.260 e. The van der Waals surface area contributed by atoms with Crippen molar-refractivity contribution in [3.8, 4) is 17.2 Å². The van der Waals surface area contributed by atoms with Gasteiger partial charge in [-0.25, -0.2) is 0 Å². The summed E-state index contributed by atoms with van der Waals surface area (Å²) in [4.78, 5) is 12.4. The summed E-state index contributed by atoms with van der Waals surface area (Å²) in [6.07, 6.45) is 2.25. The molecule has 0 aromatic heterocycles. The first-order valence-corrected chi connectivity index (χ1v) is 8.79. The molecule has 2 heterocycles. The molecule has 4 atom stereocenters. The lowest BCUT2D eigenvalue weighted by Gasteiger charge is -2.39. The largest absolute Gasteiger partial charge is 0.481 e. The molecule has 4 rings (SSSR count). The SMILES string of the molecule is CC(Oc1ccc2c(c1)OCO2)C(=O)NC1CCC2OCCOC2C1. The second-order valence-electron chi connectivity index (χ2n) is 6.61. The molecule has 0 spiro atoms. The van der Waals surface area contributed by atoms with Crippen molar-refractivity contribution in [2.75, 3.05) is 20.0 Å². The number of benzene rings is 1. The van der Waals surface area contributed by atoms with Crippen molar-refractivity contribution in [3.63, 3.8) is 0 Å². The molecule has 1 aromatic rings. The summed E-state index contributed by atoms with van der Waals surface area (Å²) >= 11 is 0. The molecule has 25 heavy (non-hydrogen) atoms. The third kappa shape index (κ3) is 3.67. The van der Waals surface area contributed by atoms with Gasteiger partial charge < -0.3 is 29.0 Å². The van der Waals surface area contributed by atoms with Crippen molar-refractivity contribution in [1.29, 1.82) is 0 Å². The summed E-state index contributed by atoms with van der Waals surface area (Å²) in [6.45, 7) is 3.25. The Bertz CT molecular complexity index is 636. The van der Waals surface area contributed by atoms with E-state index in [1.165, 1.54) is 0 Å². The molecule has 1 amide bonds. The summed E-state index contributed by atoms with van der Waals surface area (Å²) in [5.41, 5.74) is 0. The summed E-state index contributed by atoms with van der Waals surface area (Å²) in [5, 5.41) is 3.07. The lowest BCUT2D eigenvalue weighted by atomic mass is 9.89. The number of fused-ring (bicyclic) bond motifs is 2. The zero-order chi connectivity index (χ0) is 17.2. The molecule has 0 radical (unpaired) electrons. The molecule has 7 heteroatoms. The highest BCUT2D eigenvalue weighted by Gasteiger charge is 2.35. The zero-order valence-electron chi connectivity index (χ0n) is 14.2. The van der Waals surface area contributed by atoms with E-state index in [4.69, 9.17) is 23.7 Å². The number of rotatable bonds is 4. The van der Waals surface area contributed by atoms with Gasteiger partial charge in [0.05, 0.1) is 25.4 Å². The van der Waals surface area contributed by atoms with Crippen LogP contribution >= 0.6 is 0 Å². The van der Waals surface area contributed by atoms with Gasteiger partial charge in [0.15, 0.2) is 17.6 Å². The molecular weight excluding hydrogens is 326 g/mol. The Kier molecular flexibility index (Phi) is 4.67. The van der Waals surface area contributed by atoms with E-state index in [1.54, 1.807) is 25.1 Å². The van der Waals surface area contributed by atoms with Crippen molar-refractivity contribution in [2.24, 2.45) is 0 Å². The maximum atomic E-state index is 12.4. The minimum Gasteiger partial charge on any atom is -0.481 e. The Morgan fingerprint density at radius 1 is 1.16 bits per heavy atom. The van der Waals surface area contributed by atoms with E-state index in [0.29, 0.717) is 30.5 Å². The first-order chi connectivity index (χ1) is 12.2. The fourth-order valence-electron chi connectivity index (χ4n) is 3.52. The van der Waals surface area contributed by atoms with E-state index < -0.39 is 6.10 Å². The Hall–Kier alpha value is -1.99. The number of hydrogen-bond acceptors (Lipinski definition) is 6. The van der Waals surface area contributed by atoms with E-state index in [0.717, 1.165) is 19.3 Å². The van der Waals surface area contributed by atoms with Gasteiger partial charge in [0.25, 0.3) is 5.91 Å². The van der Waals surface area contributed by atoms with Crippen LogP contribution in [-0.2, 0) is 14.3 Å². The fourth-order valence-corrected chi connectivity index (χ4v) is 3.52. The molecule has 1 aliphatic carbocycles. The van der Waals surface area contributed by atoms with Crippen LogP contribution in [0.4, 0.5) is 0 Å². The van der Waals surface area contributed by atoms with Crippen LogP contribution in [0.1, 0.15) is 26.2 Å². The quantitative estimate of drug-likeness (QED) is 0.891. The number of hydrogen-bond donors (Lipinski definition) is 1. The molecule has 2 aliphatic heterocycles. The summed E-state index contributed by atoms with van der Waals surface area (Å²) in [5.74, 6) is 1.78. The monoisotopic (exact) mass is 349 g/mol. The molecular formula is C18H23NO6. The summed E-state index contributed by atoms with van der Waals surface area (Å²) in [6, 6.07) is 5.39. The highest BCUT2D eigenvalue weighted by Crippen LogP contribution is 2.35. The van der Waals surface area contributed by atoms with Crippen molar-refractivity contribution < 1.29 is 28.5 Å².